The maximum absolute atomic E-state index is 14.2. The number of unbranched alkanes of at least 4 members (excludes halogenated alkanes) is 1. The minimum absolute atomic E-state index is 0.00517. The van der Waals surface area contributed by atoms with Gasteiger partial charge < -0.3 is 91.2 Å². The van der Waals surface area contributed by atoms with E-state index in [1.807, 2.05) is 41.5 Å². The molecule has 0 rings (SSSR count). The molecule has 0 aliphatic heterocycles. The maximum atomic E-state index is 14.2. The quantitative estimate of drug-likeness (QED) is 0.0304. The first-order valence-electron chi connectivity index (χ1n) is 33.3. The van der Waals surface area contributed by atoms with Crippen LogP contribution in [0.15, 0.2) is 0 Å². The smallest absolute Gasteiger partial charge is 0.245 e. The van der Waals surface area contributed by atoms with E-state index in [-0.39, 0.29) is 112 Å². The summed E-state index contributed by atoms with van der Waals surface area (Å²) in [6.07, 6.45) is 1.91. The second-order valence-corrected chi connectivity index (χ2v) is 27.8. The molecular weight excluding hydrogens is 1220 g/mol. The van der Waals surface area contributed by atoms with Gasteiger partial charge in [0.25, 0.3) is 0 Å². The summed E-state index contributed by atoms with van der Waals surface area (Å²) in [7, 11) is 0. The van der Waals surface area contributed by atoms with Gasteiger partial charge in [-0.25, -0.2) is 0 Å². The lowest BCUT2D eigenvalue weighted by atomic mass is 9.99. The Morgan fingerprint density at radius 1 is 0.287 bits per heavy atom. The van der Waals surface area contributed by atoms with Crippen LogP contribution in [0, 0.1) is 47.3 Å². The van der Waals surface area contributed by atoms with Gasteiger partial charge in [0.1, 0.15) is 66.5 Å². The molecule has 0 aliphatic carbocycles. The van der Waals surface area contributed by atoms with Crippen LogP contribution in [-0.2, 0) is 62.3 Å². The van der Waals surface area contributed by atoms with Crippen molar-refractivity contribution in [1.29, 1.82) is 0 Å². The van der Waals surface area contributed by atoms with E-state index in [0.29, 0.717) is 19.4 Å². The number of nitrogens with one attached hydrogen (secondary N) is 12. The van der Waals surface area contributed by atoms with Gasteiger partial charge in [0.05, 0.1) is 26.3 Å². The van der Waals surface area contributed by atoms with Gasteiger partial charge in [-0.15, -0.1) is 0 Å². The zero-order chi connectivity index (χ0) is 72.3. The summed E-state index contributed by atoms with van der Waals surface area (Å²) in [5.41, 5.74) is 16.8. The molecule has 0 aromatic carbocycles. The van der Waals surface area contributed by atoms with Crippen LogP contribution >= 0.6 is 0 Å². The fourth-order valence-electron chi connectivity index (χ4n) is 10.0. The Kier molecular flexibility index (Phi) is 41.9. The Balaban J connectivity index is 6.52. The van der Waals surface area contributed by atoms with Crippen molar-refractivity contribution in [2.75, 3.05) is 32.8 Å². The number of amides is 13. The van der Waals surface area contributed by atoms with Crippen molar-refractivity contribution in [3.63, 3.8) is 0 Å². The van der Waals surface area contributed by atoms with E-state index in [1.54, 1.807) is 69.2 Å². The summed E-state index contributed by atoms with van der Waals surface area (Å²) in [5.74, 6) is -11.4. The summed E-state index contributed by atoms with van der Waals surface area (Å²) in [4.78, 5) is 177. The van der Waals surface area contributed by atoms with Gasteiger partial charge in [0, 0.05) is 0 Å². The monoisotopic (exact) mass is 1340 g/mol. The highest BCUT2D eigenvalue weighted by molar-refractivity contribution is 5.99. The molecule has 0 fully saturated rings. The fourth-order valence-corrected chi connectivity index (χ4v) is 10.0. The van der Waals surface area contributed by atoms with E-state index in [0.717, 1.165) is 0 Å². The number of hydrogen-bond acceptors (Lipinski definition) is 17. The molecule has 0 spiro atoms. The molecule has 540 valence electrons. The topological polar surface area (TPSA) is 485 Å². The molecule has 20 N–H and O–H groups in total. The van der Waals surface area contributed by atoms with Crippen molar-refractivity contribution < 1.29 is 72.5 Å². The molecule has 0 aromatic rings. The molecule has 11 atom stereocenters. The molecular formula is C64H119N15O15. The lowest BCUT2D eigenvalue weighted by Crippen LogP contribution is -2.61. The molecule has 0 unspecified atom stereocenters. The summed E-state index contributed by atoms with van der Waals surface area (Å²) in [5, 5.41) is 52.0. The maximum Gasteiger partial charge on any atom is 0.245 e. The van der Waals surface area contributed by atoms with Gasteiger partial charge in [-0.3, -0.25) is 62.3 Å². The molecule has 0 aromatic heterocycles. The highest BCUT2D eigenvalue weighted by atomic mass is 16.3. The van der Waals surface area contributed by atoms with Gasteiger partial charge in [-0.2, -0.15) is 0 Å². The molecule has 0 bridgehead atoms. The lowest BCUT2D eigenvalue weighted by Gasteiger charge is -2.29. The lowest BCUT2D eigenvalue weighted by molar-refractivity contribution is -0.137. The van der Waals surface area contributed by atoms with Crippen molar-refractivity contribution in [3.05, 3.63) is 0 Å². The third kappa shape index (κ3) is 36.0. The van der Waals surface area contributed by atoms with Crippen LogP contribution in [0.1, 0.15) is 181 Å². The number of aliphatic hydroxyl groups excluding tert-OH is 2. The Morgan fingerprint density at radius 2 is 0.511 bits per heavy atom. The predicted octanol–water partition coefficient (Wildman–Crippen LogP) is -1.64. The van der Waals surface area contributed by atoms with Crippen LogP contribution in [-0.4, -0.2) is 186 Å². The Hall–Kier alpha value is -7.05. The molecule has 0 aliphatic rings. The highest BCUT2D eigenvalue weighted by Crippen LogP contribution is 2.15. The number of aliphatic hydroxyl groups is 2. The van der Waals surface area contributed by atoms with Gasteiger partial charge in [-0.1, -0.05) is 111 Å². The second kappa shape index (κ2) is 45.3. The van der Waals surface area contributed by atoms with Gasteiger partial charge in [-0.05, 0) is 125 Å². The molecule has 94 heavy (non-hydrogen) atoms. The Labute approximate surface area is 556 Å². The second-order valence-electron chi connectivity index (χ2n) is 27.8. The van der Waals surface area contributed by atoms with Crippen LogP contribution in [0.2, 0.25) is 0 Å². The van der Waals surface area contributed by atoms with Crippen LogP contribution in [0.5, 0.6) is 0 Å². The zero-order valence-corrected chi connectivity index (χ0v) is 58.7. The first-order valence-corrected chi connectivity index (χ1v) is 33.3. The van der Waals surface area contributed by atoms with E-state index in [9.17, 15) is 72.5 Å². The zero-order valence-electron chi connectivity index (χ0n) is 58.7. The molecule has 0 heterocycles. The van der Waals surface area contributed by atoms with Crippen molar-refractivity contribution in [2.24, 2.45) is 64.5 Å². The average Bonchev–Trinajstić information content (AvgIpc) is 0.890. The first kappa shape index (κ1) is 87.0. The van der Waals surface area contributed by atoms with E-state index in [2.05, 4.69) is 63.8 Å². The predicted molar refractivity (Wildman–Crippen MR) is 355 cm³/mol. The normalized spacial score (nSPS) is 15.1. The summed E-state index contributed by atoms with van der Waals surface area (Å²) in [6, 6.07) is -14.1. The van der Waals surface area contributed by atoms with Crippen molar-refractivity contribution in [2.45, 2.75) is 248 Å². The van der Waals surface area contributed by atoms with Crippen molar-refractivity contribution in [1.82, 2.24) is 63.8 Å². The van der Waals surface area contributed by atoms with Crippen LogP contribution < -0.4 is 81.0 Å². The van der Waals surface area contributed by atoms with Gasteiger partial charge in [0.2, 0.25) is 76.8 Å². The number of primary amides is 1. The number of rotatable bonds is 47. The number of nitrogens with two attached hydrogens (primary N) is 3. The fraction of sp³-hybridized carbons (Fsp3) is 0.797. The standard InChI is InChI=1S/C64H119N15O15/c1-33(2)21-42(54(67)84)71-58(88)45(24-36(7)8)73-56(86)41(19-17-18-20-65)69-53(83)30-68-55(85)43(22-34(3)4)72-59(89)46(25-37(9)10)76-63(93)50(31-80)79-62(92)49(28-40(15)16)75-60(90)47(26-38(11)12)77-64(94)51(32-81)78-61(91)48(27-39(13)14)74-57(87)44(23-35(5)6)70-52(82)29-66/h33-51,80-81H,17-32,65-66H2,1-16H3,(H2,67,84)(H,68,85)(H,69,83)(H,70,82)(H,71,88)(H,72,89)(H,73,86)(H,74,87)(H,75,90)(H,76,93)(H,77,94)(H,78,91)(H,79,92)/t41-,42-,43-,44-,45-,46-,47-,48-,49-,50-,51-/m0/s1. The van der Waals surface area contributed by atoms with Crippen LogP contribution in [0.25, 0.3) is 0 Å². The average molecular weight is 1340 g/mol. The first-order chi connectivity index (χ1) is 43.8. The van der Waals surface area contributed by atoms with E-state index < -0.39 is 163 Å². The van der Waals surface area contributed by atoms with Gasteiger partial charge >= 0.3 is 0 Å². The van der Waals surface area contributed by atoms with Crippen LogP contribution in [0.4, 0.5) is 0 Å². The van der Waals surface area contributed by atoms with E-state index in [4.69, 9.17) is 17.2 Å². The minimum atomic E-state index is -1.69. The number of hydrogen-bond donors (Lipinski definition) is 17. The minimum Gasteiger partial charge on any atom is -0.394 e. The van der Waals surface area contributed by atoms with Crippen molar-refractivity contribution in [3.8, 4) is 0 Å². The summed E-state index contributed by atoms with van der Waals surface area (Å²) < 4.78 is 0. The van der Waals surface area contributed by atoms with E-state index in [1.165, 1.54) is 0 Å². The largest absolute Gasteiger partial charge is 0.394 e. The molecule has 30 nitrogen and oxygen atoms in total. The van der Waals surface area contributed by atoms with Crippen molar-refractivity contribution >= 4 is 76.8 Å². The molecule has 0 saturated carbocycles. The highest BCUT2D eigenvalue weighted by Gasteiger charge is 2.37. The Bertz CT molecular complexity index is 2440. The third-order valence-corrected chi connectivity index (χ3v) is 14.6. The number of carbonyl (C=O) groups is 13. The molecule has 13 amide bonds. The van der Waals surface area contributed by atoms with E-state index >= 15 is 0 Å². The SMILES string of the molecule is CC(C)C[C@H](NC(=O)[C@H](CC(C)C)NC(=O)[C@H](CCCCN)NC(=O)CNC(=O)[C@H](CC(C)C)NC(=O)[C@H](CC(C)C)NC(=O)[C@H](CO)NC(=O)[C@H](CC(C)C)NC(=O)[C@H](CC(C)C)NC(=O)[C@H](CO)NC(=O)[C@H](CC(C)C)NC(=O)[C@H](CC(C)C)NC(=O)CN)C(N)=O. The molecule has 0 saturated heterocycles. The number of carbonyl (C=O) groups excluding carboxylic acids is 13. The van der Waals surface area contributed by atoms with Crippen LogP contribution in [0.3, 0.4) is 0 Å². The molecule has 30 heteroatoms. The molecule has 0 radical (unpaired) electrons. The third-order valence-electron chi connectivity index (χ3n) is 14.6. The van der Waals surface area contributed by atoms with Gasteiger partial charge in [0.15, 0.2) is 0 Å². The summed E-state index contributed by atoms with van der Waals surface area (Å²) >= 11 is 0. The summed E-state index contributed by atoms with van der Waals surface area (Å²) in [6.45, 7) is 26.2. The Morgan fingerprint density at radius 3 is 0.766 bits per heavy atom.